The Kier molecular flexibility index (Phi) is 5.53. The largest absolute Gasteiger partial charge is 0.294 e. The predicted molar refractivity (Wildman–Crippen MR) is 131 cm³/mol. The van der Waals surface area contributed by atoms with Crippen molar-refractivity contribution in [3.8, 4) is 6.07 Å². The molecule has 2 aromatic rings. The lowest BCUT2D eigenvalue weighted by atomic mass is 9.69. The lowest BCUT2D eigenvalue weighted by molar-refractivity contribution is -0.120. The summed E-state index contributed by atoms with van der Waals surface area (Å²) in [6.45, 7) is 6.24. The zero-order valence-electron chi connectivity index (χ0n) is 19.7. The summed E-state index contributed by atoms with van der Waals surface area (Å²) in [6.07, 6.45) is 6.68. The second-order valence-electron chi connectivity index (χ2n) is 10.6. The number of carbonyl (C=O) groups is 2. The molecule has 0 saturated carbocycles. The molecular weight excluding hydrogens is 428 g/mol. The number of benzene rings is 1. The van der Waals surface area contributed by atoms with Crippen LogP contribution in [0, 0.1) is 23.7 Å². The second kappa shape index (κ2) is 8.25. The quantitative estimate of drug-likeness (QED) is 0.492. The van der Waals surface area contributed by atoms with Gasteiger partial charge < -0.3 is 0 Å². The van der Waals surface area contributed by atoms with Gasteiger partial charge in [0.25, 0.3) is 0 Å². The van der Waals surface area contributed by atoms with Crippen LogP contribution in [0.5, 0.6) is 0 Å². The molecule has 0 unspecified atom stereocenters. The number of amides is 1. The average molecular weight is 459 g/mol. The molecule has 0 radical (unpaired) electrons. The van der Waals surface area contributed by atoms with Crippen LogP contribution in [0.1, 0.15) is 85.4 Å². The number of Topliss-reactive ketones (excluding diaryl/α,β-unsaturated/α-hetero) is 1. The number of carbonyl (C=O) groups excluding carboxylic acids is 2. The minimum absolute atomic E-state index is 0.00124. The Morgan fingerprint density at radius 2 is 1.91 bits per heavy atom. The number of rotatable bonds is 2. The van der Waals surface area contributed by atoms with Crippen molar-refractivity contribution < 1.29 is 9.59 Å². The topological polar surface area (TPSA) is 61.2 Å². The summed E-state index contributed by atoms with van der Waals surface area (Å²) < 4.78 is 0. The molecule has 3 aliphatic rings. The number of fused-ring (bicyclic) bond motifs is 1. The molecule has 0 fully saturated rings. The summed E-state index contributed by atoms with van der Waals surface area (Å²) in [5.74, 6) is -0.0730. The molecule has 33 heavy (non-hydrogen) atoms. The first-order chi connectivity index (χ1) is 15.8. The lowest BCUT2D eigenvalue weighted by Gasteiger charge is -2.42. The van der Waals surface area contributed by atoms with Crippen molar-refractivity contribution in [3.05, 3.63) is 62.7 Å². The number of aryl methyl sites for hydroxylation is 2. The first-order valence-electron chi connectivity index (χ1n) is 12.0. The summed E-state index contributed by atoms with van der Waals surface area (Å²) in [4.78, 5) is 30.3. The zero-order valence-corrected chi connectivity index (χ0v) is 20.5. The van der Waals surface area contributed by atoms with Crippen LogP contribution >= 0.6 is 11.3 Å². The summed E-state index contributed by atoms with van der Waals surface area (Å²) in [5.41, 5.74) is 5.34. The van der Waals surface area contributed by atoms with Crippen LogP contribution in [0.15, 0.2) is 35.5 Å². The molecule has 0 bridgehead atoms. The summed E-state index contributed by atoms with van der Waals surface area (Å²) >= 11 is 1.60. The smallest absolute Gasteiger partial charge is 0.232 e. The maximum Gasteiger partial charge on any atom is 0.232 e. The summed E-state index contributed by atoms with van der Waals surface area (Å²) in [6, 6.07) is 10.6. The minimum atomic E-state index is -0.218. The van der Waals surface area contributed by atoms with Crippen LogP contribution in [0.2, 0.25) is 0 Å². The van der Waals surface area contributed by atoms with Gasteiger partial charge in [-0.25, -0.2) is 0 Å². The van der Waals surface area contributed by atoms with Gasteiger partial charge in [-0.05, 0) is 55.6 Å². The van der Waals surface area contributed by atoms with Crippen LogP contribution in [0.3, 0.4) is 0 Å². The van der Waals surface area contributed by atoms with E-state index in [-0.39, 0.29) is 29.4 Å². The highest BCUT2D eigenvalue weighted by Gasteiger charge is 2.45. The van der Waals surface area contributed by atoms with E-state index in [4.69, 9.17) is 0 Å². The van der Waals surface area contributed by atoms with Crippen LogP contribution in [0.4, 0.5) is 5.00 Å². The van der Waals surface area contributed by atoms with E-state index in [1.165, 1.54) is 11.3 Å². The van der Waals surface area contributed by atoms with Crippen LogP contribution in [-0.2, 0) is 22.4 Å². The molecule has 0 saturated heterocycles. The molecule has 1 aromatic carbocycles. The van der Waals surface area contributed by atoms with Gasteiger partial charge in [0.05, 0.1) is 5.56 Å². The van der Waals surface area contributed by atoms with Crippen molar-refractivity contribution in [2.45, 2.75) is 78.1 Å². The molecule has 5 heteroatoms. The highest BCUT2D eigenvalue weighted by atomic mass is 32.1. The average Bonchev–Trinajstić information content (AvgIpc) is 2.92. The number of allylic oxidation sites excluding steroid dienone is 2. The van der Waals surface area contributed by atoms with Crippen molar-refractivity contribution in [1.29, 1.82) is 5.26 Å². The molecule has 1 aromatic heterocycles. The Labute approximate surface area is 199 Å². The Bertz CT molecular complexity index is 1230. The van der Waals surface area contributed by atoms with E-state index in [0.29, 0.717) is 18.4 Å². The Balaban J connectivity index is 1.70. The molecule has 0 N–H and O–H groups in total. The number of thiophene rings is 1. The van der Waals surface area contributed by atoms with Gasteiger partial charge in [-0.2, -0.15) is 5.26 Å². The zero-order chi connectivity index (χ0) is 23.3. The number of hydrogen-bond acceptors (Lipinski definition) is 4. The fraction of sp³-hybridized carbons (Fsp3) is 0.464. The minimum Gasteiger partial charge on any atom is -0.294 e. The highest BCUT2D eigenvalue weighted by Crippen LogP contribution is 2.51. The fourth-order valence-electron chi connectivity index (χ4n) is 5.82. The third-order valence-corrected chi connectivity index (χ3v) is 8.58. The maximum atomic E-state index is 13.8. The summed E-state index contributed by atoms with van der Waals surface area (Å²) in [5, 5.41) is 10.9. The van der Waals surface area contributed by atoms with Crippen molar-refractivity contribution in [2.24, 2.45) is 5.41 Å². The maximum absolute atomic E-state index is 13.8. The van der Waals surface area contributed by atoms with E-state index in [9.17, 15) is 14.9 Å². The Morgan fingerprint density at radius 3 is 2.67 bits per heavy atom. The third kappa shape index (κ3) is 3.85. The van der Waals surface area contributed by atoms with Crippen molar-refractivity contribution in [2.75, 3.05) is 4.90 Å². The van der Waals surface area contributed by atoms with Crippen LogP contribution < -0.4 is 4.90 Å². The number of nitrogens with zero attached hydrogens (tertiary/aromatic N) is 2. The highest BCUT2D eigenvalue weighted by molar-refractivity contribution is 7.16. The molecule has 1 aliphatic heterocycles. The molecule has 2 heterocycles. The number of hydrogen-bond donors (Lipinski definition) is 0. The first kappa shape index (κ1) is 22.1. The molecule has 1 atom stereocenters. The summed E-state index contributed by atoms with van der Waals surface area (Å²) in [7, 11) is 0. The van der Waals surface area contributed by atoms with Crippen LogP contribution in [-0.4, -0.2) is 11.7 Å². The number of ketones is 1. The number of nitriles is 1. The van der Waals surface area contributed by atoms with Gasteiger partial charge >= 0.3 is 0 Å². The van der Waals surface area contributed by atoms with E-state index in [1.807, 2.05) is 25.1 Å². The van der Waals surface area contributed by atoms with Gasteiger partial charge in [0.2, 0.25) is 5.91 Å². The number of anilines is 1. The molecule has 4 nitrogen and oxygen atoms in total. The van der Waals surface area contributed by atoms with Gasteiger partial charge in [-0.1, -0.05) is 50.1 Å². The van der Waals surface area contributed by atoms with E-state index >= 15 is 0 Å². The normalized spacial score (nSPS) is 22.5. The van der Waals surface area contributed by atoms with Crippen molar-refractivity contribution in [3.63, 3.8) is 0 Å². The van der Waals surface area contributed by atoms with Gasteiger partial charge in [-0.3, -0.25) is 14.5 Å². The van der Waals surface area contributed by atoms with Gasteiger partial charge in [0, 0.05) is 34.9 Å². The fourth-order valence-corrected chi connectivity index (χ4v) is 7.20. The van der Waals surface area contributed by atoms with E-state index < -0.39 is 0 Å². The van der Waals surface area contributed by atoms with E-state index in [0.717, 1.165) is 58.6 Å². The Morgan fingerprint density at radius 1 is 1.12 bits per heavy atom. The standard InChI is InChI=1S/C28H30N2O2S/c1-17-8-7-9-18(12-17)20-13-25(32)30(22-14-28(2,3)15-23(31)26(20)22)27-21(16-29)19-10-5-4-6-11-24(19)33-27/h7-9,12,20H,4-6,10-11,13-15H2,1-3H3/t20-/m1/s1. The molecule has 5 rings (SSSR count). The molecule has 2 aliphatic carbocycles. The van der Waals surface area contributed by atoms with E-state index in [2.05, 4.69) is 26.0 Å². The van der Waals surface area contributed by atoms with Crippen molar-refractivity contribution in [1.82, 2.24) is 0 Å². The first-order valence-corrected chi connectivity index (χ1v) is 12.8. The third-order valence-electron chi connectivity index (χ3n) is 7.31. The van der Waals surface area contributed by atoms with E-state index in [1.54, 1.807) is 16.2 Å². The molecule has 0 spiro atoms. The monoisotopic (exact) mass is 458 g/mol. The lowest BCUT2D eigenvalue weighted by Crippen LogP contribution is -2.43. The molecule has 170 valence electrons. The SMILES string of the molecule is Cc1cccc([C@H]2CC(=O)N(c3sc4c(c3C#N)CCCCC4)C3=C2C(=O)CC(C)(C)C3)c1. The van der Waals surface area contributed by atoms with Crippen molar-refractivity contribution >= 4 is 28.0 Å². The Hall–Kier alpha value is -2.71. The predicted octanol–water partition coefficient (Wildman–Crippen LogP) is 6.36. The van der Waals surface area contributed by atoms with Crippen LogP contribution in [0.25, 0.3) is 0 Å². The van der Waals surface area contributed by atoms with Gasteiger partial charge in [0.15, 0.2) is 5.78 Å². The second-order valence-corrected chi connectivity index (χ2v) is 11.6. The molecular formula is C28H30N2O2S. The molecule has 1 amide bonds. The van der Waals surface area contributed by atoms with Gasteiger partial charge in [0.1, 0.15) is 11.1 Å². The van der Waals surface area contributed by atoms with Gasteiger partial charge in [-0.15, -0.1) is 11.3 Å².